The zero-order valence-corrected chi connectivity index (χ0v) is 15.1. The van der Waals surface area contributed by atoms with Crippen LogP contribution in [0.1, 0.15) is 19.8 Å². The van der Waals surface area contributed by atoms with Crippen LogP contribution in [0.25, 0.3) is 0 Å². The Morgan fingerprint density at radius 3 is 2.70 bits per heavy atom. The lowest BCUT2D eigenvalue weighted by atomic mass is 10.3. The van der Waals surface area contributed by atoms with Gasteiger partial charge in [0.1, 0.15) is 12.4 Å². The van der Waals surface area contributed by atoms with Crippen LogP contribution in [0.3, 0.4) is 0 Å². The van der Waals surface area contributed by atoms with Crippen LogP contribution >= 0.6 is 35.6 Å². The van der Waals surface area contributed by atoms with Gasteiger partial charge in [-0.05, 0) is 24.6 Å². The van der Waals surface area contributed by atoms with Gasteiger partial charge in [-0.15, -0.1) is 24.0 Å². The standard InChI is InChI=1S/C14H22ClN3O.HI/c1-3-4-8-17-14(16-2)18-9-10-19-13-7-5-6-12(15)11-13;/h5-7,11H,3-4,8-10H2,1-2H3,(H2,16,17,18);1H. The number of unbranched alkanes of at least 4 members (excludes halogenated alkanes) is 1. The fourth-order valence-electron chi connectivity index (χ4n) is 1.50. The Bertz CT molecular complexity index is 402. The molecule has 0 amide bonds. The lowest BCUT2D eigenvalue weighted by Crippen LogP contribution is -2.39. The number of rotatable bonds is 7. The van der Waals surface area contributed by atoms with Gasteiger partial charge in [0.15, 0.2) is 5.96 Å². The maximum absolute atomic E-state index is 5.88. The summed E-state index contributed by atoms with van der Waals surface area (Å²) in [4.78, 5) is 4.14. The Kier molecular flexibility index (Phi) is 11.7. The number of guanidine groups is 1. The molecule has 0 unspecified atom stereocenters. The molecule has 0 aliphatic carbocycles. The average molecular weight is 412 g/mol. The lowest BCUT2D eigenvalue weighted by molar-refractivity contribution is 0.322. The number of hydrogen-bond donors (Lipinski definition) is 2. The number of benzene rings is 1. The van der Waals surface area contributed by atoms with E-state index in [0.717, 1.165) is 24.7 Å². The third-order valence-electron chi connectivity index (χ3n) is 2.51. The van der Waals surface area contributed by atoms with Crippen LogP contribution in [0.15, 0.2) is 29.3 Å². The summed E-state index contributed by atoms with van der Waals surface area (Å²) in [6.07, 6.45) is 2.31. The highest BCUT2D eigenvalue weighted by atomic mass is 127. The summed E-state index contributed by atoms with van der Waals surface area (Å²) in [7, 11) is 1.76. The molecule has 1 rings (SSSR count). The van der Waals surface area contributed by atoms with Crippen LogP contribution < -0.4 is 15.4 Å². The van der Waals surface area contributed by atoms with E-state index >= 15 is 0 Å². The molecule has 0 heterocycles. The molecule has 0 aliphatic rings. The van der Waals surface area contributed by atoms with Crippen LogP contribution in [0.5, 0.6) is 5.75 Å². The first-order valence-corrected chi connectivity index (χ1v) is 6.97. The van der Waals surface area contributed by atoms with Gasteiger partial charge < -0.3 is 15.4 Å². The van der Waals surface area contributed by atoms with Gasteiger partial charge in [0, 0.05) is 18.6 Å². The van der Waals surface area contributed by atoms with Gasteiger partial charge in [0.05, 0.1) is 6.54 Å². The minimum absolute atomic E-state index is 0. The zero-order chi connectivity index (χ0) is 13.9. The van der Waals surface area contributed by atoms with E-state index in [9.17, 15) is 0 Å². The summed E-state index contributed by atoms with van der Waals surface area (Å²) in [6.45, 7) is 4.36. The molecule has 20 heavy (non-hydrogen) atoms. The molecule has 1 aromatic rings. The zero-order valence-electron chi connectivity index (χ0n) is 12.0. The topological polar surface area (TPSA) is 45.7 Å². The first kappa shape index (κ1) is 19.3. The highest BCUT2D eigenvalue weighted by Gasteiger charge is 1.97. The molecule has 114 valence electrons. The number of hydrogen-bond acceptors (Lipinski definition) is 2. The molecule has 0 saturated heterocycles. The Balaban J connectivity index is 0.00000361. The van der Waals surface area contributed by atoms with Crippen molar-refractivity contribution in [3.05, 3.63) is 29.3 Å². The predicted molar refractivity (Wildman–Crippen MR) is 96.6 cm³/mol. The van der Waals surface area contributed by atoms with Gasteiger partial charge in [-0.2, -0.15) is 0 Å². The minimum Gasteiger partial charge on any atom is -0.492 e. The highest BCUT2D eigenvalue weighted by molar-refractivity contribution is 14.0. The fraction of sp³-hybridized carbons (Fsp3) is 0.500. The number of nitrogens with zero attached hydrogens (tertiary/aromatic N) is 1. The molecule has 2 N–H and O–H groups in total. The maximum atomic E-state index is 5.88. The quantitative estimate of drug-likeness (QED) is 0.313. The average Bonchev–Trinajstić information content (AvgIpc) is 2.41. The van der Waals surface area contributed by atoms with Crippen molar-refractivity contribution >= 4 is 41.5 Å². The first-order valence-electron chi connectivity index (χ1n) is 6.59. The van der Waals surface area contributed by atoms with Crippen molar-refractivity contribution in [1.82, 2.24) is 10.6 Å². The van der Waals surface area contributed by atoms with Crippen LogP contribution in [-0.2, 0) is 0 Å². The third-order valence-corrected chi connectivity index (χ3v) is 2.74. The molecule has 0 bridgehead atoms. The van der Waals surface area contributed by atoms with E-state index in [1.165, 1.54) is 6.42 Å². The van der Waals surface area contributed by atoms with E-state index < -0.39 is 0 Å². The molecule has 0 spiro atoms. The predicted octanol–water partition coefficient (Wildman–Crippen LogP) is 3.30. The maximum Gasteiger partial charge on any atom is 0.191 e. The second-order valence-corrected chi connectivity index (χ2v) is 4.52. The van der Waals surface area contributed by atoms with E-state index in [1.807, 2.05) is 18.2 Å². The van der Waals surface area contributed by atoms with Gasteiger partial charge in [0.25, 0.3) is 0 Å². The SMILES string of the molecule is CCCCNC(=NC)NCCOc1cccc(Cl)c1.I. The van der Waals surface area contributed by atoms with Crippen molar-refractivity contribution in [3.63, 3.8) is 0 Å². The first-order chi connectivity index (χ1) is 9.26. The van der Waals surface area contributed by atoms with E-state index in [1.54, 1.807) is 13.1 Å². The lowest BCUT2D eigenvalue weighted by Gasteiger charge is -2.12. The summed E-state index contributed by atoms with van der Waals surface area (Å²) in [6, 6.07) is 7.39. The number of halogens is 2. The van der Waals surface area contributed by atoms with E-state index in [0.29, 0.717) is 18.2 Å². The smallest absolute Gasteiger partial charge is 0.191 e. The van der Waals surface area contributed by atoms with Gasteiger partial charge >= 0.3 is 0 Å². The van der Waals surface area contributed by atoms with Gasteiger partial charge in [0.2, 0.25) is 0 Å². The van der Waals surface area contributed by atoms with Crippen LogP contribution in [-0.4, -0.2) is 32.7 Å². The van der Waals surface area contributed by atoms with Crippen LogP contribution in [0.4, 0.5) is 0 Å². The molecule has 0 radical (unpaired) electrons. The number of aliphatic imine (C=N–C) groups is 1. The molecule has 0 aliphatic heterocycles. The normalized spacial score (nSPS) is 10.7. The molecule has 4 nitrogen and oxygen atoms in total. The van der Waals surface area contributed by atoms with Crippen molar-refractivity contribution in [2.24, 2.45) is 4.99 Å². The van der Waals surface area contributed by atoms with Gasteiger partial charge in [-0.3, -0.25) is 4.99 Å². The Labute approximate surface area is 143 Å². The molecule has 1 aromatic carbocycles. The number of nitrogens with one attached hydrogen (secondary N) is 2. The number of ether oxygens (including phenoxy) is 1. The second-order valence-electron chi connectivity index (χ2n) is 4.09. The molecule has 6 heteroatoms. The summed E-state index contributed by atoms with van der Waals surface area (Å²) < 4.78 is 5.58. The third kappa shape index (κ3) is 8.47. The molecular weight excluding hydrogens is 389 g/mol. The molecule has 0 aromatic heterocycles. The minimum atomic E-state index is 0. The van der Waals surface area contributed by atoms with E-state index in [4.69, 9.17) is 16.3 Å². The molecular formula is C14H23ClIN3O. The Hall–Kier alpha value is -0.690. The largest absolute Gasteiger partial charge is 0.492 e. The summed E-state index contributed by atoms with van der Waals surface area (Å²) >= 11 is 5.88. The van der Waals surface area contributed by atoms with Crippen molar-refractivity contribution in [2.75, 3.05) is 26.7 Å². The summed E-state index contributed by atoms with van der Waals surface area (Å²) in [5.74, 6) is 1.59. The van der Waals surface area contributed by atoms with Crippen LogP contribution in [0.2, 0.25) is 5.02 Å². The molecule has 0 fully saturated rings. The summed E-state index contributed by atoms with van der Waals surface area (Å²) in [5, 5.41) is 7.12. The Morgan fingerprint density at radius 1 is 1.30 bits per heavy atom. The van der Waals surface area contributed by atoms with Crippen molar-refractivity contribution in [2.45, 2.75) is 19.8 Å². The summed E-state index contributed by atoms with van der Waals surface area (Å²) in [5.41, 5.74) is 0. The second kappa shape index (κ2) is 12.1. The monoisotopic (exact) mass is 411 g/mol. The van der Waals surface area contributed by atoms with Gasteiger partial charge in [-0.1, -0.05) is 31.0 Å². The van der Waals surface area contributed by atoms with Gasteiger partial charge in [-0.25, -0.2) is 0 Å². The Morgan fingerprint density at radius 2 is 2.05 bits per heavy atom. The highest BCUT2D eigenvalue weighted by Crippen LogP contribution is 2.16. The van der Waals surface area contributed by atoms with Crippen molar-refractivity contribution in [3.8, 4) is 5.75 Å². The molecule has 0 saturated carbocycles. The fourth-order valence-corrected chi connectivity index (χ4v) is 1.68. The van der Waals surface area contributed by atoms with Crippen molar-refractivity contribution in [1.29, 1.82) is 0 Å². The van der Waals surface area contributed by atoms with Crippen LogP contribution in [0, 0.1) is 0 Å². The van der Waals surface area contributed by atoms with E-state index in [-0.39, 0.29) is 24.0 Å². The molecule has 0 atom stereocenters. The van der Waals surface area contributed by atoms with Crippen molar-refractivity contribution < 1.29 is 4.74 Å². The van der Waals surface area contributed by atoms with E-state index in [2.05, 4.69) is 22.5 Å².